The number of cyclic esters (lactones) is 1. The number of rotatable bonds is 7. The van der Waals surface area contributed by atoms with Crippen LogP contribution in [-0.2, 0) is 41.6 Å². The number of carbonyl (C=O) groups excluding carboxylic acids is 3. The maximum atomic E-state index is 14.3. The van der Waals surface area contributed by atoms with Crippen molar-refractivity contribution in [1.82, 2.24) is 30.2 Å². The maximum Gasteiger partial charge on any atom is 0.327 e. The number of fused-ring (bicyclic) bond motifs is 5. The smallest absolute Gasteiger partial charge is 0.327 e. The van der Waals surface area contributed by atoms with Crippen molar-refractivity contribution in [2.24, 2.45) is 10.4 Å². The molecule has 3 fully saturated rings. The van der Waals surface area contributed by atoms with E-state index in [0.29, 0.717) is 38.1 Å². The standard InChI is InChI=1S/C44H60N8O7S/c1-8-51-35-11-10-28-18-30(35)32(38(51)31-19-29(22-45-37(31)27(2)57-7)50-16-14-49(6)15-17-50)21-42(3,4)24-59-41(55)43(5)12-9-13-52(48-43)39(53)33(20-36-46-34(28)23-60-36)47-40(54)44(56)25-58-26-44/h10-11,18-19,22,27,33-34,48,56H,8-9,12-17,20-21,23-26H2,1-7H3,(H,47,54)/t27-,33-,34?,43+/m0/s1. The van der Waals surface area contributed by atoms with Gasteiger partial charge in [-0.2, -0.15) is 0 Å². The highest BCUT2D eigenvalue weighted by Crippen LogP contribution is 2.44. The van der Waals surface area contributed by atoms with Crippen LogP contribution in [0.4, 0.5) is 5.69 Å². The van der Waals surface area contributed by atoms with Crippen LogP contribution < -0.4 is 15.6 Å². The highest BCUT2D eigenvalue weighted by molar-refractivity contribution is 8.14. The van der Waals surface area contributed by atoms with Gasteiger partial charge in [0.05, 0.1) is 60.3 Å². The van der Waals surface area contributed by atoms with Crippen LogP contribution in [0.5, 0.6) is 0 Å². The molecule has 4 atom stereocenters. The van der Waals surface area contributed by atoms with Crippen molar-refractivity contribution in [3.63, 3.8) is 0 Å². The lowest BCUT2D eigenvalue weighted by atomic mass is 9.84. The fourth-order valence-electron chi connectivity index (χ4n) is 9.04. The Bertz CT molecular complexity index is 2180. The number of amides is 2. The number of pyridine rings is 1. The zero-order chi connectivity index (χ0) is 42.6. The second-order valence-electron chi connectivity index (χ2n) is 18.2. The van der Waals surface area contributed by atoms with E-state index in [4.69, 9.17) is 24.2 Å². The van der Waals surface area contributed by atoms with Crippen LogP contribution in [0, 0.1) is 5.41 Å². The second kappa shape index (κ2) is 16.7. The minimum Gasteiger partial charge on any atom is -0.464 e. The number of nitrogens with zero attached hydrogens (tertiary/aromatic N) is 6. The summed E-state index contributed by atoms with van der Waals surface area (Å²) in [5.74, 6) is -0.859. The van der Waals surface area contributed by atoms with Gasteiger partial charge in [-0.1, -0.05) is 19.9 Å². The third-order valence-electron chi connectivity index (χ3n) is 12.9. The SMILES string of the molecule is CCn1c(-c2cc(N3CCN(C)CC3)cnc2[C@H](C)OC)c2c3cc(ccc31)C1CSC(=N1)C[C@H](NC(=O)C1(O)COC1)C(=O)N1CCC[C@@](C)(N1)C(=O)OCC(C)(C)C2. The highest BCUT2D eigenvalue weighted by atomic mass is 32.2. The number of likely N-dealkylation sites (N-methyl/N-ethyl adjacent to an activating group) is 1. The van der Waals surface area contributed by atoms with E-state index < -0.39 is 40.4 Å². The number of esters is 1. The summed E-state index contributed by atoms with van der Waals surface area (Å²) in [6, 6.07) is 7.68. The lowest BCUT2D eigenvalue weighted by molar-refractivity contribution is -0.191. The van der Waals surface area contributed by atoms with Gasteiger partial charge in [-0.25, -0.2) is 10.2 Å². The molecule has 2 aromatic heterocycles. The van der Waals surface area contributed by atoms with Gasteiger partial charge in [0.25, 0.3) is 11.8 Å². The van der Waals surface area contributed by atoms with Crippen molar-refractivity contribution in [2.45, 2.75) is 96.2 Å². The Hall–Kier alpha value is -4.06. The molecule has 6 bridgehead atoms. The van der Waals surface area contributed by atoms with Crippen LogP contribution in [0.25, 0.3) is 22.2 Å². The highest BCUT2D eigenvalue weighted by Gasteiger charge is 2.47. The largest absolute Gasteiger partial charge is 0.464 e. The molecule has 5 aliphatic rings. The number of aliphatic imine (C=N–C) groups is 1. The number of anilines is 1. The van der Waals surface area contributed by atoms with Crippen LogP contribution in [0.1, 0.15) is 82.8 Å². The Morgan fingerprint density at radius 1 is 1.12 bits per heavy atom. The van der Waals surface area contributed by atoms with Gasteiger partial charge in [0.15, 0.2) is 5.60 Å². The van der Waals surface area contributed by atoms with Gasteiger partial charge >= 0.3 is 5.97 Å². The molecular formula is C44H60N8O7S. The number of carbonyl (C=O) groups is 3. The van der Waals surface area contributed by atoms with Gasteiger partial charge in [-0.05, 0) is 76.4 Å². The minimum atomic E-state index is -1.70. The monoisotopic (exact) mass is 844 g/mol. The van der Waals surface area contributed by atoms with Crippen LogP contribution in [-0.4, -0.2) is 137 Å². The summed E-state index contributed by atoms with van der Waals surface area (Å²) < 4.78 is 19.7. The van der Waals surface area contributed by atoms with Crippen molar-refractivity contribution >= 4 is 51.2 Å². The van der Waals surface area contributed by atoms with Crippen LogP contribution in [0.15, 0.2) is 35.5 Å². The molecule has 16 heteroatoms. The number of hydrogen-bond donors (Lipinski definition) is 3. The molecule has 3 N–H and O–H groups in total. The molecule has 60 heavy (non-hydrogen) atoms. The molecule has 15 nitrogen and oxygen atoms in total. The molecule has 1 aromatic carbocycles. The predicted octanol–water partition coefficient (Wildman–Crippen LogP) is 4.02. The Morgan fingerprint density at radius 3 is 2.58 bits per heavy atom. The first-order chi connectivity index (χ1) is 28.6. The van der Waals surface area contributed by atoms with E-state index in [9.17, 15) is 19.5 Å². The van der Waals surface area contributed by atoms with E-state index in [2.05, 4.69) is 77.2 Å². The minimum absolute atomic E-state index is 0.136. The Morgan fingerprint density at radius 2 is 1.88 bits per heavy atom. The number of aryl methyl sites for hydroxylation is 1. The van der Waals surface area contributed by atoms with E-state index in [-0.39, 0.29) is 38.4 Å². The summed E-state index contributed by atoms with van der Waals surface area (Å²) in [7, 11) is 3.88. The van der Waals surface area contributed by atoms with Gasteiger partial charge in [-0.3, -0.25) is 24.6 Å². The number of aliphatic hydroxyl groups is 1. The van der Waals surface area contributed by atoms with E-state index >= 15 is 0 Å². The Kier molecular flexibility index (Phi) is 11.8. The van der Waals surface area contributed by atoms with Crippen molar-refractivity contribution < 1.29 is 33.7 Å². The number of aromatic nitrogens is 2. The Labute approximate surface area is 356 Å². The maximum absolute atomic E-state index is 14.3. The summed E-state index contributed by atoms with van der Waals surface area (Å²) in [4.78, 5) is 56.8. The molecule has 5 aliphatic heterocycles. The topological polar surface area (TPSA) is 163 Å². The number of benzene rings is 1. The summed E-state index contributed by atoms with van der Waals surface area (Å²) in [6.45, 7) is 14.9. The molecule has 0 spiro atoms. The number of methoxy groups -OCH3 is 1. The number of piperazine rings is 1. The normalized spacial score (nSPS) is 26.6. The quantitative estimate of drug-likeness (QED) is 0.294. The molecule has 1 unspecified atom stereocenters. The molecule has 2 amide bonds. The average Bonchev–Trinajstić information content (AvgIpc) is 3.82. The van der Waals surface area contributed by atoms with Crippen molar-refractivity contribution in [3.05, 3.63) is 47.3 Å². The molecular weight excluding hydrogens is 785 g/mol. The molecule has 7 heterocycles. The molecule has 0 radical (unpaired) electrons. The Balaban J connectivity index is 1.26. The first-order valence-electron chi connectivity index (χ1n) is 21.3. The number of ether oxygens (including phenoxy) is 3. The molecule has 3 saturated heterocycles. The van der Waals surface area contributed by atoms with Crippen LogP contribution in [0.2, 0.25) is 0 Å². The second-order valence-corrected chi connectivity index (χ2v) is 19.3. The molecule has 8 rings (SSSR count). The molecule has 324 valence electrons. The van der Waals surface area contributed by atoms with E-state index in [1.807, 2.05) is 13.1 Å². The van der Waals surface area contributed by atoms with Crippen molar-refractivity contribution in [1.29, 1.82) is 0 Å². The third-order valence-corrected chi connectivity index (χ3v) is 13.9. The van der Waals surface area contributed by atoms with Gasteiger partial charge in [-0.15, -0.1) is 11.8 Å². The van der Waals surface area contributed by atoms with E-state index in [0.717, 1.165) is 75.9 Å². The molecule has 0 saturated carbocycles. The van der Waals surface area contributed by atoms with Gasteiger partial charge in [0, 0.05) is 80.4 Å². The predicted molar refractivity (Wildman–Crippen MR) is 232 cm³/mol. The van der Waals surface area contributed by atoms with Crippen LogP contribution in [0.3, 0.4) is 0 Å². The summed E-state index contributed by atoms with van der Waals surface area (Å²) >= 11 is 1.57. The molecule has 0 aliphatic carbocycles. The fraction of sp³-hybridized carbons (Fsp3) is 0.614. The molecule has 3 aromatic rings. The number of hydrazine groups is 1. The summed E-state index contributed by atoms with van der Waals surface area (Å²) in [6.07, 6.45) is 3.46. The lowest BCUT2D eigenvalue weighted by Gasteiger charge is -2.42. The zero-order valence-electron chi connectivity index (χ0n) is 36.0. The van der Waals surface area contributed by atoms with Crippen molar-refractivity contribution in [3.8, 4) is 11.3 Å². The fourth-order valence-corrected chi connectivity index (χ4v) is 10.1. The first-order valence-corrected chi connectivity index (χ1v) is 22.3. The number of nitrogens with one attached hydrogen (secondary N) is 2. The lowest BCUT2D eigenvalue weighted by Crippen LogP contribution is -2.67. The number of hydrogen-bond acceptors (Lipinski definition) is 13. The van der Waals surface area contributed by atoms with Crippen molar-refractivity contribution in [2.75, 3.05) is 77.4 Å². The average molecular weight is 845 g/mol. The summed E-state index contributed by atoms with van der Waals surface area (Å²) in [5.41, 5.74) is 7.12. The van der Waals surface area contributed by atoms with E-state index in [1.54, 1.807) is 25.8 Å². The third kappa shape index (κ3) is 8.18. The van der Waals surface area contributed by atoms with Gasteiger partial charge in [0.2, 0.25) is 0 Å². The van der Waals surface area contributed by atoms with Gasteiger partial charge < -0.3 is 39.0 Å². The number of thioether (sulfide) groups is 1. The van der Waals surface area contributed by atoms with Crippen LogP contribution >= 0.6 is 11.8 Å². The van der Waals surface area contributed by atoms with E-state index in [1.165, 1.54) is 5.01 Å². The van der Waals surface area contributed by atoms with Gasteiger partial charge in [0.1, 0.15) is 11.6 Å². The zero-order valence-corrected chi connectivity index (χ0v) is 36.8. The summed E-state index contributed by atoms with van der Waals surface area (Å²) in [5, 5.41) is 16.9. The first kappa shape index (κ1) is 42.6.